The number of nitro benzene ring substituents is 1. The Morgan fingerprint density at radius 2 is 1.74 bits per heavy atom. The highest BCUT2D eigenvalue weighted by Gasteiger charge is 2.32. The first-order chi connectivity index (χ1) is 10.7. The zero-order valence-electron chi connectivity index (χ0n) is 12.6. The summed E-state index contributed by atoms with van der Waals surface area (Å²) in [5.41, 5.74) is 1.95. The molecule has 2 rings (SSSR count). The summed E-state index contributed by atoms with van der Waals surface area (Å²) < 4.78 is 11.8. The first-order valence-corrected chi connectivity index (χ1v) is 8.50. The summed E-state index contributed by atoms with van der Waals surface area (Å²) in [6, 6.07) is 11.1. The van der Waals surface area contributed by atoms with Gasteiger partial charge in [-0.05, 0) is 31.5 Å². The molecule has 0 spiro atoms. The highest BCUT2D eigenvalue weighted by molar-refractivity contribution is 7.52. The van der Waals surface area contributed by atoms with Crippen molar-refractivity contribution in [3.8, 4) is 0 Å². The van der Waals surface area contributed by atoms with E-state index >= 15 is 0 Å². The van der Waals surface area contributed by atoms with Gasteiger partial charge in [0.15, 0.2) is 5.78 Å². The van der Waals surface area contributed by atoms with E-state index in [1.807, 2.05) is 6.92 Å². The molecule has 2 aromatic rings. The summed E-state index contributed by atoms with van der Waals surface area (Å²) in [7, 11) is -4.57. The molecule has 2 aromatic carbocycles. The van der Waals surface area contributed by atoms with Crippen molar-refractivity contribution >= 4 is 19.0 Å². The molecule has 7 nitrogen and oxygen atoms in total. The van der Waals surface area contributed by atoms with Gasteiger partial charge in [-0.3, -0.25) is 14.7 Å². The fraction of sp³-hybridized carbons (Fsp3) is 0.200. The van der Waals surface area contributed by atoms with Gasteiger partial charge in [-0.2, -0.15) is 0 Å². The molecule has 23 heavy (non-hydrogen) atoms. The molecule has 0 aliphatic carbocycles. The predicted molar refractivity (Wildman–Crippen MR) is 87.4 cm³/mol. The van der Waals surface area contributed by atoms with Gasteiger partial charge >= 0.3 is 7.60 Å². The molecule has 0 aliphatic rings. The lowest BCUT2D eigenvalue weighted by atomic mass is 10.1. The smallest absolute Gasteiger partial charge is 0.352 e. The fourth-order valence-electron chi connectivity index (χ4n) is 2.16. The molecule has 0 aliphatic heterocycles. The number of hydrogen-bond donors (Lipinski definition) is 3. The minimum absolute atomic E-state index is 0.163. The summed E-state index contributed by atoms with van der Waals surface area (Å²) in [6.45, 7) is 3.47. The molecule has 122 valence electrons. The van der Waals surface area contributed by atoms with E-state index in [2.05, 4.69) is 5.32 Å². The maximum Gasteiger partial charge on any atom is 0.352 e. The van der Waals surface area contributed by atoms with Crippen LogP contribution < -0.4 is 5.32 Å². The zero-order chi connectivity index (χ0) is 17.2. The first kappa shape index (κ1) is 17.1. The second kappa shape index (κ2) is 6.50. The van der Waals surface area contributed by atoms with Gasteiger partial charge in [0.2, 0.25) is 0 Å². The summed E-state index contributed by atoms with van der Waals surface area (Å²) in [5, 5.41) is 13.8. The Labute approximate surface area is 133 Å². The average Bonchev–Trinajstić information content (AvgIpc) is 2.46. The van der Waals surface area contributed by atoms with Crippen LogP contribution in [-0.2, 0) is 4.57 Å². The van der Waals surface area contributed by atoms with E-state index in [9.17, 15) is 24.5 Å². The molecule has 1 unspecified atom stereocenters. The van der Waals surface area contributed by atoms with Crippen molar-refractivity contribution in [3.05, 3.63) is 69.3 Å². The highest BCUT2D eigenvalue weighted by Crippen LogP contribution is 2.52. The molecule has 0 amide bonds. The van der Waals surface area contributed by atoms with Crippen LogP contribution in [0.2, 0.25) is 0 Å². The van der Waals surface area contributed by atoms with Gasteiger partial charge in [0.1, 0.15) is 0 Å². The lowest BCUT2D eigenvalue weighted by molar-refractivity contribution is -0.385. The van der Waals surface area contributed by atoms with Gasteiger partial charge in [0.25, 0.3) is 5.69 Å². The lowest BCUT2D eigenvalue weighted by Crippen LogP contribution is -2.12. The van der Waals surface area contributed by atoms with Crippen molar-refractivity contribution in [2.24, 2.45) is 0 Å². The molecular weight excluding hydrogens is 319 g/mol. The number of benzene rings is 2. The Morgan fingerprint density at radius 1 is 1.13 bits per heavy atom. The van der Waals surface area contributed by atoms with Crippen LogP contribution in [0.3, 0.4) is 0 Å². The Bertz CT molecular complexity index is 770. The third-order valence-corrected chi connectivity index (χ3v) is 4.54. The van der Waals surface area contributed by atoms with Crippen molar-refractivity contribution in [3.63, 3.8) is 0 Å². The molecule has 3 N–H and O–H groups in total. The molecular formula is C15H17N2O5P. The van der Waals surface area contributed by atoms with Crippen LogP contribution in [0.5, 0.6) is 0 Å². The van der Waals surface area contributed by atoms with Crippen molar-refractivity contribution in [2.75, 3.05) is 5.32 Å². The van der Waals surface area contributed by atoms with E-state index < -0.39 is 18.3 Å². The summed E-state index contributed by atoms with van der Waals surface area (Å²) in [4.78, 5) is 29.7. The lowest BCUT2D eigenvalue weighted by Gasteiger charge is -2.21. The average molecular weight is 336 g/mol. The van der Waals surface area contributed by atoms with Gasteiger partial charge in [0, 0.05) is 17.3 Å². The van der Waals surface area contributed by atoms with E-state index in [0.717, 1.165) is 5.56 Å². The molecule has 0 saturated carbocycles. The van der Waals surface area contributed by atoms with E-state index in [4.69, 9.17) is 0 Å². The second-order valence-corrected chi connectivity index (χ2v) is 7.00. The normalized spacial score (nSPS) is 12.7. The number of nitro groups is 1. The van der Waals surface area contributed by atoms with Gasteiger partial charge in [0.05, 0.1) is 4.92 Å². The van der Waals surface area contributed by atoms with Crippen LogP contribution in [0.25, 0.3) is 0 Å². The van der Waals surface area contributed by atoms with E-state index in [-0.39, 0.29) is 11.3 Å². The van der Waals surface area contributed by atoms with Gasteiger partial charge in [-0.15, -0.1) is 0 Å². The number of anilines is 1. The first-order valence-electron chi connectivity index (χ1n) is 6.82. The van der Waals surface area contributed by atoms with Crippen molar-refractivity contribution in [1.82, 2.24) is 0 Å². The Balaban J connectivity index is 2.43. The summed E-state index contributed by atoms with van der Waals surface area (Å²) >= 11 is 0. The van der Waals surface area contributed by atoms with Crippen LogP contribution in [0, 0.1) is 24.0 Å². The molecule has 0 fully saturated rings. The van der Waals surface area contributed by atoms with Crippen molar-refractivity contribution in [1.29, 1.82) is 0 Å². The SMILES string of the molecule is Cc1ccc(NC(c2ccc(C)c([N+](=O)[O-])c2)P(=O)(O)O)cc1. The van der Waals surface area contributed by atoms with E-state index in [0.29, 0.717) is 11.3 Å². The summed E-state index contributed by atoms with van der Waals surface area (Å²) in [5.74, 6) is -1.36. The van der Waals surface area contributed by atoms with Crippen LogP contribution in [-0.4, -0.2) is 14.7 Å². The third kappa shape index (κ3) is 4.16. The molecule has 0 aromatic heterocycles. The van der Waals surface area contributed by atoms with Crippen LogP contribution >= 0.6 is 7.60 Å². The molecule has 0 radical (unpaired) electrons. The number of rotatable bonds is 5. The Hall–Kier alpha value is -2.21. The van der Waals surface area contributed by atoms with E-state index in [1.54, 1.807) is 31.2 Å². The van der Waals surface area contributed by atoms with Crippen molar-refractivity contribution in [2.45, 2.75) is 19.6 Å². The topological polar surface area (TPSA) is 113 Å². The number of aryl methyl sites for hydroxylation is 2. The number of nitrogens with zero attached hydrogens (tertiary/aromatic N) is 1. The van der Waals surface area contributed by atoms with Gasteiger partial charge in [-0.25, -0.2) is 0 Å². The maximum atomic E-state index is 11.8. The Morgan fingerprint density at radius 3 is 2.26 bits per heavy atom. The van der Waals surface area contributed by atoms with Gasteiger partial charge in [-0.1, -0.05) is 29.8 Å². The highest BCUT2D eigenvalue weighted by atomic mass is 31.2. The largest absolute Gasteiger partial charge is 0.368 e. The summed E-state index contributed by atoms with van der Waals surface area (Å²) in [6.07, 6.45) is 0. The molecule has 0 bridgehead atoms. The minimum Gasteiger partial charge on any atom is -0.368 e. The Kier molecular flexibility index (Phi) is 4.85. The van der Waals surface area contributed by atoms with E-state index in [1.165, 1.54) is 18.2 Å². The number of nitrogens with one attached hydrogen (secondary N) is 1. The third-order valence-electron chi connectivity index (χ3n) is 3.44. The fourth-order valence-corrected chi connectivity index (χ4v) is 3.03. The predicted octanol–water partition coefficient (Wildman–Crippen LogP) is 3.50. The quantitative estimate of drug-likeness (QED) is 0.437. The molecule has 1 atom stereocenters. The molecule has 0 saturated heterocycles. The number of hydrogen-bond acceptors (Lipinski definition) is 4. The molecule has 8 heteroatoms. The van der Waals surface area contributed by atoms with Gasteiger partial charge < -0.3 is 15.1 Å². The molecule has 0 heterocycles. The van der Waals surface area contributed by atoms with Crippen LogP contribution in [0.1, 0.15) is 22.5 Å². The van der Waals surface area contributed by atoms with Crippen LogP contribution in [0.15, 0.2) is 42.5 Å². The van der Waals surface area contributed by atoms with Crippen LogP contribution in [0.4, 0.5) is 11.4 Å². The zero-order valence-corrected chi connectivity index (χ0v) is 13.5. The monoisotopic (exact) mass is 336 g/mol. The maximum absolute atomic E-state index is 11.8. The second-order valence-electron chi connectivity index (χ2n) is 5.31. The standard InChI is InChI=1S/C15H17N2O5P/c1-10-3-7-13(8-4-10)16-15(23(20,21)22)12-6-5-11(2)14(9-12)17(18)19/h3-9,15-16H,1-2H3,(H2,20,21,22). The minimum atomic E-state index is -4.57. The van der Waals surface area contributed by atoms with Crippen molar-refractivity contribution < 1.29 is 19.3 Å².